The Morgan fingerprint density at radius 1 is 1.26 bits per heavy atom. The van der Waals surface area contributed by atoms with Crippen LogP contribution in [0.1, 0.15) is 5.56 Å². The highest BCUT2D eigenvalue weighted by atomic mass is 19.4. The number of likely N-dealkylation sites (tertiary alicyclic amines) is 1. The van der Waals surface area contributed by atoms with Gasteiger partial charge in [0.1, 0.15) is 11.5 Å². The quantitative estimate of drug-likeness (QED) is 0.777. The standard InChI is InChI=1S/C17H21F3N2O5/c1-26-11-4-3-10(14(7-11)27-2)5-6-21-16(25)22-8-12(15(23)24)13(9-22)17(18,19)20/h3-4,7,12-13H,5-6,8-9H2,1-2H3,(H,21,25)(H,23,24)/t12-,13-/m1/s1. The van der Waals surface area contributed by atoms with Crippen LogP contribution in [0.4, 0.5) is 18.0 Å². The van der Waals surface area contributed by atoms with Gasteiger partial charge >= 0.3 is 18.2 Å². The van der Waals surface area contributed by atoms with Gasteiger partial charge in [-0.1, -0.05) is 6.07 Å². The molecule has 2 amide bonds. The van der Waals surface area contributed by atoms with Crippen molar-refractivity contribution in [3.63, 3.8) is 0 Å². The second kappa shape index (κ2) is 8.36. The summed E-state index contributed by atoms with van der Waals surface area (Å²) >= 11 is 0. The molecule has 2 rings (SSSR count). The molecule has 1 saturated heterocycles. The van der Waals surface area contributed by atoms with Crippen molar-refractivity contribution in [3.05, 3.63) is 23.8 Å². The normalized spacial score (nSPS) is 19.7. The number of carbonyl (C=O) groups excluding carboxylic acids is 1. The fraction of sp³-hybridized carbons (Fsp3) is 0.529. The molecule has 7 nitrogen and oxygen atoms in total. The number of urea groups is 1. The van der Waals surface area contributed by atoms with Crippen molar-refractivity contribution in [2.75, 3.05) is 33.9 Å². The highest BCUT2D eigenvalue weighted by molar-refractivity contribution is 5.77. The predicted octanol–water partition coefficient (Wildman–Crippen LogP) is 2.15. The van der Waals surface area contributed by atoms with E-state index in [4.69, 9.17) is 14.6 Å². The van der Waals surface area contributed by atoms with Gasteiger partial charge in [0.05, 0.1) is 26.1 Å². The molecule has 1 heterocycles. The lowest BCUT2D eigenvalue weighted by Crippen LogP contribution is -2.40. The van der Waals surface area contributed by atoms with Crippen molar-refractivity contribution >= 4 is 12.0 Å². The Bertz CT molecular complexity index is 696. The first-order valence-corrected chi connectivity index (χ1v) is 8.20. The van der Waals surface area contributed by atoms with Crippen LogP contribution in [0.25, 0.3) is 0 Å². The van der Waals surface area contributed by atoms with Crippen molar-refractivity contribution in [1.29, 1.82) is 0 Å². The first-order valence-electron chi connectivity index (χ1n) is 8.20. The predicted molar refractivity (Wildman–Crippen MR) is 88.9 cm³/mol. The zero-order chi connectivity index (χ0) is 20.2. The van der Waals surface area contributed by atoms with Gasteiger partial charge in [-0.3, -0.25) is 4.79 Å². The van der Waals surface area contributed by atoms with E-state index in [2.05, 4.69) is 5.32 Å². The summed E-state index contributed by atoms with van der Waals surface area (Å²) in [5.41, 5.74) is 0.789. The highest BCUT2D eigenvalue weighted by Gasteiger charge is 2.53. The molecule has 0 saturated carbocycles. The molecular weight excluding hydrogens is 369 g/mol. The molecule has 27 heavy (non-hydrogen) atoms. The van der Waals surface area contributed by atoms with Gasteiger partial charge < -0.3 is 24.8 Å². The van der Waals surface area contributed by atoms with Crippen molar-refractivity contribution < 1.29 is 37.3 Å². The van der Waals surface area contributed by atoms with E-state index in [-0.39, 0.29) is 6.54 Å². The van der Waals surface area contributed by atoms with Crippen LogP contribution in [-0.2, 0) is 11.2 Å². The smallest absolute Gasteiger partial charge is 0.394 e. The third-order valence-corrected chi connectivity index (χ3v) is 4.51. The minimum Gasteiger partial charge on any atom is -0.497 e. The first-order chi connectivity index (χ1) is 12.7. The van der Waals surface area contributed by atoms with Gasteiger partial charge in [0.15, 0.2) is 0 Å². The maximum Gasteiger partial charge on any atom is 0.394 e. The van der Waals surface area contributed by atoms with Gasteiger partial charge in [-0.2, -0.15) is 13.2 Å². The molecule has 1 aromatic carbocycles. The molecule has 1 aliphatic rings. The summed E-state index contributed by atoms with van der Waals surface area (Å²) in [6.45, 7) is -0.984. The molecule has 10 heteroatoms. The Balaban J connectivity index is 1.94. The number of nitrogens with zero attached hydrogens (tertiary/aromatic N) is 1. The molecule has 1 aromatic rings. The monoisotopic (exact) mass is 390 g/mol. The number of hydrogen-bond donors (Lipinski definition) is 2. The van der Waals surface area contributed by atoms with Crippen molar-refractivity contribution in [3.8, 4) is 11.5 Å². The van der Waals surface area contributed by atoms with E-state index in [0.717, 1.165) is 10.5 Å². The summed E-state index contributed by atoms with van der Waals surface area (Å²) < 4.78 is 49.3. The summed E-state index contributed by atoms with van der Waals surface area (Å²) in [5, 5.41) is 11.5. The minimum absolute atomic E-state index is 0.159. The number of amides is 2. The Hall–Kier alpha value is -2.65. The number of hydrogen-bond acceptors (Lipinski definition) is 4. The Morgan fingerprint density at radius 2 is 1.96 bits per heavy atom. The van der Waals surface area contributed by atoms with Crippen LogP contribution in [0.2, 0.25) is 0 Å². The van der Waals surface area contributed by atoms with Crippen LogP contribution in [0.15, 0.2) is 18.2 Å². The number of carbonyl (C=O) groups is 2. The van der Waals surface area contributed by atoms with E-state index in [1.807, 2.05) is 0 Å². The van der Waals surface area contributed by atoms with E-state index in [1.54, 1.807) is 18.2 Å². The van der Waals surface area contributed by atoms with Crippen molar-refractivity contribution in [2.45, 2.75) is 12.6 Å². The molecule has 2 atom stereocenters. The summed E-state index contributed by atoms with van der Waals surface area (Å²) in [4.78, 5) is 24.1. The van der Waals surface area contributed by atoms with Crippen LogP contribution in [0, 0.1) is 11.8 Å². The zero-order valence-corrected chi connectivity index (χ0v) is 14.9. The van der Waals surface area contributed by atoms with Gasteiger partial charge in [0.2, 0.25) is 0 Å². The third kappa shape index (κ3) is 4.95. The van der Waals surface area contributed by atoms with Gasteiger partial charge in [-0.15, -0.1) is 0 Å². The van der Waals surface area contributed by atoms with E-state index < -0.39 is 43.1 Å². The lowest BCUT2D eigenvalue weighted by Gasteiger charge is -2.19. The number of carboxylic acids is 1. The highest BCUT2D eigenvalue weighted by Crippen LogP contribution is 2.37. The van der Waals surface area contributed by atoms with E-state index >= 15 is 0 Å². The second-order valence-corrected chi connectivity index (χ2v) is 6.16. The fourth-order valence-corrected chi connectivity index (χ4v) is 3.03. The summed E-state index contributed by atoms with van der Waals surface area (Å²) in [6, 6.07) is 4.45. The maximum absolute atomic E-state index is 13.0. The lowest BCUT2D eigenvalue weighted by atomic mass is 9.96. The molecule has 0 aliphatic carbocycles. The molecule has 150 valence electrons. The number of rotatable bonds is 6. The second-order valence-electron chi connectivity index (χ2n) is 6.16. The van der Waals surface area contributed by atoms with Crippen molar-refractivity contribution in [2.24, 2.45) is 11.8 Å². The molecular formula is C17H21F3N2O5. The number of nitrogens with one attached hydrogen (secondary N) is 1. The molecule has 0 aromatic heterocycles. The number of methoxy groups -OCH3 is 2. The molecule has 0 unspecified atom stereocenters. The molecule has 0 bridgehead atoms. The van der Waals surface area contributed by atoms with Gasteiger partial charge in [-0.25, -0.2) is 4.79 Å². The summed E-state index contributed by atoms with van der Waals surface area (Å²) in [7, 11) is 3.01. The number of halogens is 3. The zero-order valence-electron chi connectivity index (χ0n) is 14.9. The fourth-order valence-electron chi connectivity index (χ4n) is 3.03. The number of ether oxygens (including phenoxy) is 2. The number of benzene rings is 1. The van der Waals surface area contributed by atoms with Gasteiger partial charge in [0, 0.05) is 25.7 Å². The van der Waals surface area contributed by atoms with Crippen molar-refractivity contribution in [1.82, 2.24) is 10.2 Å². The van der Waals surface area contributed by atoms with Crippen LogP contribution >= 0.6 is 0 Å². The van der Waals surface area contributed by atoms with Crippen LogP contribution in [0.3, 0.4) is 0 Å². The first kappa shape index (κ1) is 20.7. The summed E-state index contributed by atoms with van der Waals surface area (Å²) in [5.74, 6) is -4.11. The SMILES string of the molecule is COc1ccc(CCNC(=O)N2C[C@@H](C(F)(F)F)[C@H](C(=O)O)C2)c(OC)c1. The van der Waals surface area contributed by atoms with Gasteiger partial charge in [-0.05, 0) is 18.1 Å². The summed E-state index contributed by atoms with van der Waals surface area (Å²) in [6.07, 6.45) is -4.29. The average molecular weight is 390 g/mol. The number of carboxylic acid groups (broad SMARTS) is 1. The van der Waals surface area contributed by atoms with E-state index in [0.29, 0.717) is 17.9 Å². The minimum atomic E-state index is -4.67. The Morgan fingerprint density at radius 3 is 2.48 bits per heavy atom. The largest absolute Gasteiger partial charge is 0.497 e. The Labute approximate surface area is 154 Å². The lowest BCUT2D eigenvalue weighted by molar-refractivity contribution is -0.187. The van der Waals surface area contributed by atoms with E-state index in [1.165, 1.54) is 14.2 Å². The number of alkyl halides is 3. The van der Waals surface area contributed by atoms with E-state index in [9.17, 15) is 22.8 Å². The van der Waals surface area contributed by atoms with Gasteiger partial charge in [0.25, 0.3) is 0 Å². The molecule has 0 spiro atoms. The Kier molecular flexibility index (Phi) is 6.40. The number of aliphatic carboxylic acids is 1. The van der Waals surface area contributed by atoms with Crippen LogP contribution in [-0.4, -0.2) is 62.0 Å². The van der Waals surface area contributed by atoms with Crippen LogP contribution in [0.5, 0.6) is 11.5 Å². The maximum atomic E-state index is 13.0. The molecule has 2 N–H and O–H groups in total. The molecule has 0 radical (unpaired) electrons. The third-order valence-electron chi connectivity index (χ3n) is 4.51. The van der Waals surface area contributed by atoms with Crippen LogP contribution < -0.4 is 14.8 Å². The topological polar surface area (TPSA) is 88.1 Å². The average Bonchev–Trinajstić information content (AvgIpc) is 3.08. The molecule has 1 fully saturated rings. The molecule has 1 aliphatic heterocycles.